The Morgan fingerprint density at radius 1 is 1.06 bits per heavy atom. The molecule has 0 aliphatic heterocycles. The molecule has 4 nitrogen and oxygen atoms in total. The molecule has 0 spiro atoms. The number of hydrogen-bond donors (Lipinski definition) is 2. The Hall–Kier alpha value is -1.39. The number of aromatic nitrogens is 2. The van der Waals surface area contributed by atoms with Crippen LogP contribution in [0.1, 0.15) is 13.3 Å². The first-order valence-corrected chi connectivity index (χ1v) is 6.73. The van der Waals surface area contributed by atoms with Gasteiger partial charge in [-0.05, 0) is 25.1 Å². The molecule has 0 atom stereocenters. The van der Waals surface area contributed by atoms with Gasteiger partial charge in [-0.3, -0.25) is 0 Å². The van der Waals surface area contributed by atoms with Gasteiger partial charge in [-0.2, -0.15) is 0 Å². The number of fused-ring (bicyclic) bond motifs is 1. The molecule has 98 valence electrons. The molecule has 0 bridgehead atoms. The van der Waals surface area contributed by atoms with Crippen LogP contribution in [0.5, 0.6) is 0 Å². The molecule has 1 aromatic heterocycles. The molecular formula is C14H22N4. The highest BCUT2D eigenvalue weighted by molar-refractivity contribution is 5.74. The summed E-state index contributed by atoms with van der Waals surface area (Å²) in [5, 5.41) is 6.81. The van der Waals surface area contributed by atoms with Crippen molar-refractivity contribution in [1.29, 1.82) is 0 Å². The summed E-state index contributed by atoms with van der Waals surface area (Å²) >= 11 is 0. The zero-order chi connectivity index (χ0) is 12.6. The predicted molar refractivity (Wildman–Crippen MR) is 75.8 cm³/mol. The Labute approximate surface area is 108 Å². The SMILES string of the molecule is CCCNCCNCCn1cnc2ccccc21. The monoisotopic (exact) mass is 246 g/mol. The molecule has 2 rings (SSSR count). The molecular weight excluding hydrogens is 224 g/mol. The van der Waals surface area contributed by atoms with Crippen molar-refractivity contribution >= 4 is 11.0 Å². The van der Waals surface area contributed by atoms with Gasteiger partial charge in [0.25, 0.3) is 0 Å². The summed E-state index contributed by atoms with van der Waals surface area (Å²) in [5.74, 6) is 0. The lowest BCUT2D eigenvalue weighted by atomic mass is 10.3. The van der Waals surface area contributed by atoms with Crippen molar-refractivity contribution in [2.45, 2.75) is 19.9 Å². The number of nitrogens with zero attached hydrogens (tertiary/aromatic N) is 2. The maximum Gasteiger partial charge on any atom is 0.0958 e. The van der Waals surface area contributed by atoms with E-state index >= 15 is 0 Å². The number of para-hydroxylation sites is 2. The first-order chi connectivity index (χ1) is 8.92. The molecule has 0 saturated carbocycles. The van der Waals surface area contributed by atoms with Gasteiger partial charge in [0.1, 0.15) is 0 Å². The van der Waals surface area contributed by atoms with Crippen LogP contribution in [0.15, 0.2) is 30.6 Å². The highest BCUT2D eigenvalue weighted by Gasteiger charge is 1.99. The van der Waals surface area contributed by atoms with Crippen LogP contribution < -0.4 is 10.6 Å². The number of nitrogens with one attached hydrogen (secondary N) is 2. The summed E-state index contributed by atoms with van der Waals surface area (Å²) in [6, 6.07) is 8.25. The third kappa shape index (κ3) is 3.55. The van der Waals surface area contributed by atoms with Crippen molar-refractivity contribution in [3.05, 3.63) is 30.6 Å². The van der Waals surface area contributed by atoms with Crippen LogP contribution in [0.3, 0.4) is 0 Å². The van der Waals surface area contributed by atoms with Gasteiger partial charge < -0.3 is 15.2 Å². The minimum Gasteiger partial charge on any atom is -0.329 e. The van der Waals surface area contributed by atoms with Crippen molar-refractivity contribution in [2.75, 3.05) is 26.2 Å². The molecule has 0 saturated heterocycles. The average Bonchev–Trinajstić information content (AvgIpc) is 2.81. The lowest BCUT2D eigenvalue weighted by molar-refractivity contribution is 0.573. The van der Waals surface area contributed by atoms with Gasteiger partial charge in [-0.25, -0.2) is 4.98 Å². The zero-order valence-corrected chi connectivity index (χ0v) is 11.0. The fourth-order valence-electron chi connectivity index (χ4n) is 1.99. The topological polar surface area (TPSA) is 41.9 Å². The largest absolute Gasteiger partial charge is 0.329 e. The van der Waals surface area contributed by atoms with Crippen LogP contribution in [0, 0.1) is 0 Å². The molecule has 0 aliphatic carbocycles. The second kappa shape index (κ2) is 7.13. The van der Waals surface area contributed by atoms with Crippen molar-refractivity contribution in [3.63, 3.8) is 0 Å². The molecule has 2 aromatic rings. The summed E-state index contributed by atoms with van der Waals surface area (Å²) < 4.78 is 2.20. The fraction of sp³-hybridized carbons (Fsp3) is 0.500. The smallest absolute Gasteiger partial charge is 0.0958 e. The standard InChI is InChI=1S/C14H22N4/c1-2-7-15-8-9-16-10-11-18-12-17-13-5-3-4-6-14(13)18/h3-6,12,15-16H,2,7-11H2,1H3. The number of rotatable bonds is 8. The summed E-state index contributed by atoms with van der Waals surface area (Å²) in [6.45, 7) is 7.30. The summed E-state index contributed by atoms with van der Waals surface area (Å²) in [4.78, 5) is 4.38. The highest BCUT2D eigenvalue weighted by Crippen LogP contribution is 2.10. The van der Waals surface area contributed by atoms with E-state index in [9.17, 15) is 0 Å². The van der Waals surface area contributed by atoms with Crippen molar-refractivity contribution in [2.24, 2.45) is 0 Å². The van der Waals surface area contributed by atoms with E-state index in [-0.39, 0.29) is 0 Å². The van der Waals surface area contributed by atoms with Crippen LogP contribution in [0.4, 0.5) is 0 Å². The zero-order valence-electron chi connectivity index (χ0n) is 11.0. The van der Waals surface area contributed by atoms with E-state index in [0.717, 1.165) is 38.2 Å². The Morgan fingerprint density at radius 3 is 2.67 bits per heavy atom. The first kappa shape index (κ1) is 13.1. The van der Waals surface area contributed by atoms with Gasteiger partial charge in [0, 0.05) is 26.2 Å². The molecule has 0 unspecified atom stereocenters. The Kier molecular flexibility index (Phi) is 5.17. The van der Waals surface area contributed by atoms with Crippen molar-refractivity contribution < 1.29 is 0 Å². The van der Waals surface area contributed by atoms with Gasteiger partial charge in [-0.1, -0.05) is 19.1 Å². The van der Waals surface area contributed by atoms with Crippen LogP contribution in [-0.2, 0) is 6.54 Å². The normalized spacial score (nSPS) is 11.2. The second-order valence-corrected chi connectivity index (χ2v) is 4.43. The lowest BCUT2D eigenvalue weighted by Gasteiger charge is -2.07. The maximum atomic E-state index is 4.38. The van der Waals surface area contributed by atoms with E-state index in [2.05, 4.69) is 39.2 Å². The number of benzene rings is 1. The first-order valence-electron chi connectivity index (χ1n) is 6.73. The van der Waals surface area contributed by atoms with Gasteiger partial charge in [0.2, 0.25) is 0 Å². The quantitative estimate of drug-likeness (QED) is 0.696. The van der Waals surface area contributed by atoms with E-state index in [1.165, 1.54) is 11.9 Å². The Morgan fingerprint density at radius 2 is 1.83 bits per heavy atom. The fourth-order valence-corrected chi connectivity index (χ4v) is 1.99. The van der Waals surface area contributed by atoms with E-state index in [4.69, 9.17) is 0 Å². The van der Waals surface area contributed by atoms with E-state index in [1.54, 1.807) is 0 Å². The van der Waals surface area contributed by atoms with Crippen LogP contribution in [0.25, 0.3) is 11.0 Å². The van der Waals surface area contributed by atoms with Gasteiger partial charge in [-0.15, -0.1) is 0 Å². The molecule has 18 heavy (non-hydrogen) atoms. The third-order valence-electron chi connectivity index (χ3n) is 2.96. The minimum absolute atomic E-state index is 0.967. The molecule has 4 heteroatoms. The molecule has 2 N–H and O–H groups in total. The Balaban J connectivity index is 1.70. The maximum absolute atomic E-state index is 4.38. The number of hydrogen-bond acceptors (Lipinski definition) is 3. The van der Waals surface area contributed by atoms with Gasteiger partial charge in [0.15, 0.2) is 0 Å². The van der Waals surface area contributed by atoms with Crippen LogP contribution >= 0.6 is 0 Å². The lowest BCUT2D eigenvalue weighted by Crippen LogP contribution is -2.29. The van der Waals surface area contributed by atoms with Crippen LogP contribution in [-0.4, -0.2) is 35.7 Å². The second-order valence-electron chi connectivity index (χ2n) is 4.43. The average molecular weight is 246 g/mol. The van der Waals surface area contributed by atoms with Crippen molar-refractivity contribution in [1.82, 2.24) is 20.2 Å². The molecule has 1 heterocycles. The minimum atomic E-state index is 0.967. The molecule has 0 aliphatic rings. The molecule has 1 aromatic carbocycles. The van der Waals surface area contributed by atoms with Crippen molar-refractivity contribution in [3.8, 4) is 0 Å². The molecule has 0 radical (unpaired) electrons. The Bertz CT molecular complexity index is 464. The van der Waals surface area contributed by atoms with E-state index in [0.29, 0.717) is 0 Å². The van der Waals surface area contributed by atoms with E-state index < -0.39 is 0 Å². The predicted octanol–water partition coefficient (Wildman–Crippen LogP) is 1.63. The summed E-state index contributed by atoms with van der Waals surface area (Å²) in [7, 11) is 0. The summed E-state index contributed by atoms with van der Waals surface area (Å²) in [5.41, 5.74) is 2.28. The van der Waals surface area contributed by atoms with Crippen LogP contribution in [0.2, 0.25) is 0 Å². The highest BCUT2D eigenvalue weighted by atomic mass is 15.1. The number of imidazole rings is 1. The molecule has 0 amide bonds. The molecule has 0 fully saturated rings. The van der Waals surface area contributed by atoms with Gasteiger partial charge in [0.05, 0.1) is 17.4 Å². The van der Waals surface area contributed by atoms with Gasteiger partial charge >= 0.3 is 0 Å². The third-order valence-corrected chi connectivity index (χ3v) is 2.96. The van der Waals surface area contributed by atoms with E-state index in [1.807, 2.05) is 18.5 Å². The summed E-state index contributed by atoms with van der Waals surface area (Å²) in [6.07, 6.45) is 3.11.